The highest BCUT2D eigenvalue weighted by Crippen LogP contribution is 2.16. The molecule has 3 aromatic rings. The van der Waals surface area contributed by atoms with Crippen LogP contribution in [0, 0.1) is 6.92 Å². The van der Waals surface area contributed by atoms with Gasteiger partial charge in [-0.25, -0.2) is 4.98 Å². The Labute approximate surface area is 145 Å². The molecule has 128 valence electrons. The fourth-order valence-electron chi connectivity index (χ4n) is 2.79. The summed E-state index contributed by atoms with van der Waals surface area (Å²) in [5, 5.41) is 2.85. The monoisotopic (exact) mass is 336 g/mol. The maximum Gasteiger partial charge on any atom is 0.251 e. The maximum absolute atomic E-state index is 12.2. The van der Waals surface area contributed by atoms with Crippen molar-refractivity contribution < 1.29 is 9.59 Å². The van der Waals surface area contributed by atoms with Crippen LogP contribution in [0.15, 0.2) is 42.5 Å². The normalized spacial score (nSPS) is 10.8. The number of carbonyl (C=O) groups excluding carboxylic acids is 2. The zero-order valence-corrected chi connectivity index (χ0v) is 14.2. The van der Waals surface area contributed by atoms with Crippen molar-refractivity contribution in [3.05, 3.63) is 65.0 Å². The molecule has 1 heterocycles. The first-order valence-electron chi connectivity index (χ1n) is 8.06. The summed E-state index contributed by atoms with van der Waals surface area (Å²) in [5.74, 6) is 0.120. The summed E-state index contributed by atoms with van der Waals surface area (Å²) in [6.45, 7) is 2.49. The van der Waals surface area contributed by atoms with Crippen molar-refractivity contribution >= 4 is 22.8 Å². The molecule has 6 heteroatoms. The van der Waals surface area contributed by atoms with Gasteiger partial charge in [-0.05, 0) is 42.8 Å². The van der Waals surface area contributed by atoms with Gasteiger partial charge in [0, 0.05) is 31.1 Å². The molecule has 0 aliphatic heterocycles. The number of fused-ring (bicyclic) bond motifs is 1. The Morgan fingerprint density at radius 1 is 1.16 bits per heavy atom. The van der Waals surface area contributed by atoms with E-state index in [0.717, 1.165) is 16.9 Å². The van der Waals surface area contributed by atoms with E-state index in [1.54, 1.807) is 18.2 Å². The van der Waals surface area contributed by atoms with Crippen LogP contribution in [-0.4, -0.2) is 27.9 Å². The minimum Gasteiger partial charge on any atom is -0.366 e. The van der Waals surface area contributed by atoms with Gasteiger partial charge in [-0.3, -0.25) is 9.59 Å². The number of hydrogen-bond donors (Lipinski definition) is 2. The third-order valence-electron chi connectivity index (χ3n) is 4.17. The summed E-state index contributed by atoms with van der Waals surface area (Å²) in [6.07, 6.45) is 0.617. The lowest BCUT2D eigenvalue weighted by Crippen LogP contribution is -2.26. The quantitative estimate of drug-likeness (QED) is 0.746. The minimum absolute atomic E-state index is 0.238. The third-order valence-corrected chi connectivity index (χ3v) is 4.17. The molecule has 0 unspecified atom stereocenters. The number of amides is 2. The molecule has 0 aliphatic carbocycles. The minimum atomic E-state index is -0.551. The first-order valence-corrected chi connectivity index (χ1v) is 8.06. The molecule has 6 nitrogen and oxygen atoms in total. The Balaban J connectivity index is 1.67. The Bertz CT molecular complexity index is 959. The molecule has 0 aliphatic rings. The number of rotatable bonds is 5. The number of nitrogens with zero attached hydrogens (tertiary/aromatic N) is 2. The molecule has 3 N–H and O–H groups in total. The van der Waals surface area contributed by atoms with Crippen LogP contribution in [0.2, 0.25) is 0 Å². The van der Waals surface area contributed by atoms with Gasteiger partial charge in [0.25, 0.3) is 5.91 Å². The largest absolute Gasteiger partial charge is 0.366 e. The number of carbonyl (C=O) groups is 2. The van der Waals surface area contributed by atoms with Crippen LogP contribution in [0.5, 0.6) is 0 Å². The summed E-state index contributed by atoms with van der Waals surface area (Å²) in [6, 6.07) is 12.5. The van der Waals surface area contributed by atoms with E-state index in [1.165, 1.54) is 11.6 Å². The summed E-state index contributed by atoms with van der Waals surface area (Å²) in [7, 11) is 1.97. The Hall–Kier alpha value is -3.15. The summed E-state index contributed by atoms with van der Waals surface area (Å²) >= 11 is 0. The Morgan fingerprint density at radius 3 is 2.68 bits per heavy atom. The molecule has 2 amide bonds. The van der Waals surface area contributed by atoms with Gasteiger partial charge in [0.2, 0.25) is 5.91 Å². The summed E-state index contributed by atoms with van der Waals surface area (Å²) in [5.41, 5.74) is 9.17. The number of imidazole rings is 1. The Morgan fingerprint density at radius 2 is 1.92 bits per heavy atom. The first-order chi connectivity index (χ1) is 12.0. The van der Waals surface area contributed by atoms with Crippen molar-refractivity contribution in [1.82, 2.24) is 14.9 Å². The smallest absolute Gasteiger partial charge is 0.251 e. The van der Waals surface area contributed by atoms with Gasteiger partial charge in [-0.15, -0.1) is 0 Å². The molecule has 3 rings (SSSR count). The second-order valence-corrected chi connectivity index (χ2v) is 6.03. The van der Waals surface area contributed by atoms with Crippen LogP contribution in [-0.2, 0) is 13.5 Å². The standard InChI is InChI=1S/C19H20N4O2/c1-12-6-7-16-15(10-12)22-17(23(16)2)8-9-21-19(25)14-5-3-4-13(11-14)18(20)24/h3-7,10-11H,8-9H2,1-2H3,(H2,20,24)(H,21,25). The van der Waals surface area contributed by atoms with Gasteiger partial charge >= 0.3 is 0 Å². The predicted molar refractivity (Wildman–Crippen MR) is 96.4 cm³/mol. The summed E-state index contributed by atoms with van der Waals surface area (Å²) < 4.78 is 2.04. The topological polar surface area (TPSA) is 90.0 Å². The fourth-order valence-corrected chi connectivity index (χ4v) is 2.79. The molecule has 0 saturated heterocycles. The molecule has 0 bridgehead atoms. The number of aryl methyl sites for hydroxylation is 2. The van der Waals surface area contributed by atoms with E-state index in [4.69, 9.17) is 5.73 Å². The highest BCUT2D eigenvalue weighted by Gasteiger charge is 2.10. The van der Waals surface area contributed by atoms with Crippen molar-refractivity contribution in [2.45, 2.75) is 13.3 Å². The first kappa shape index (κ1) is 16.7. The number of primary amides is 1. The van der Waals surface area contributed by atoms with E-state index in [2.05, 4.69) is 22.4 Å². The molecule has 0 atom stereocenters. The number of aromatic nitrogens is 2. The molecular formula is C19H20N4O2. The number of nitrogens with one attached hydrogen (secondary N) is 1. The van der Waals surface area contributed by atoms with Gasteiger partial charge < -0.3 is 15.6 Å². The molecular weight excluding hydrogens is 316 g/mol. The number of hydrogen-bond acceptors (Lipinski definition) is 3. The molecule has 0 radical (unpaired) electrons. The van der Waals surface area contributed by atoms with Crippen LogP contribution in [0.4, 0.5) is 0 Å². The number of benzene rings is 2. The molecule has 1 aromatic heterocycles. The molecule has 0 fully saturated rings. The second-order valence-electron chi connectivity index (χ2n) is 6.03. The average Bonchev–Trinajstić information content (AvgIpc) is 2.90. The highest BCUT2D eigenvalue weighted by atomic mass is 16.2. The lowest BCUT2D eigenvalue weighted by molar-refractivity contribution is 0.0954. The van der Waals surface area contributed by atoms with E-state index in [-0.39, 0.29) is 5.91 Å². The summed E-state index contributed by atoms with van der Waals surface area (Å²) in [4.78, 5) is 28.1. The Kier molecular flexibility index (Phi) is 4.52. The maximum atomic E-state index is 12.2. The third kappa shape index (κ3) is 3.52. The molecule has 25 heavy (non-hydrogen) atoms. The van der Waals surface area contributed by atoms with Crippen molar-refractivity contribution in [2.75, 3.05) is 6.54 Å². The van der Waals surface area contributed by atoms with Crippen LogP contribution < -0.4 is 11.1 Å². The average molecular weight is 336 g/mol. The molecule has 0 spiro atoms. The van der Waals surface area contributed by atoms with Crippen LogP contribution in [0.25, 0.3) is 11.0 Å². The van der Waals surface area contributed by atoms with E-state index in [1.807, 2.05) is 24.6 Å². The van der Waals surface area contributed by atoms with Crippen LogP contribution in [0.3, 0.4) is 0 Å². The lowest BCUT2D eigenvalue weighted by Gasteiger charge is -2.06. The zero-order valence-electron chi connectivity index (χ0n) is 14.2. The van der Waals surface area contributed by atoms with Crippen molar-refractivity contribution in [1.29, 1.82) is 0 Å². The molecule has 2 aromatic carbocycles. The predicted octanol–water partition coefficient (Wildman–Crippen LogP) is 1.95. The van der Waals surface area contributed by atoms with Gasteiger partial charge in [-0.2, -0.15) is 0 Å². The lowest BCUT2D eigenvalue weighted by atomic mass is 10.1. The SMILES string of the molecule is Cc1ccc2c(c1)nc(CCNC(=O)c1cccc(C(N)=O)c1)n2C. The van der Waals surface area contributed by atoms with E-state index in [0.29, 0.717) is 24.1 Å². The van der Waals surface area contributed by atoms with E-state index < -0.39 is 5.91 Å². The van der Waals surface area contributed by atoms with Gasteiger partial charge in [-0.1, -0.05) is 12.1 Å². The number of nitrogens with two attached hydrogens (primary N) is 1. The molecule has 0 saturated carbocycles. The van der Waals surface area contributed by atoms with Crippen LogP contribution in [0.1, 0.15) is 32.1 Å². The van der Waals surface area contributed by atoms with E-state index in [9.17, 15) is 9.59 Å². The van der Waals surface area contributed by atoms with Gasteiger partial charge in [0.1, 0.15) is 5.82 Å². The van der Waals surface area contributed by atoms with Crippen LogP contribution >= 0.6 is 0 Å². The zero-order chi connectivity index (χ0) is 18.0. The van der Waals surface area contributed by atoms with Gasteiger partial charge in [0.15, 0.2) is 0 Å². The second kappa shape index (κ2) is 6.76. The van der Waals surface area contributed by atoms with Gasteiger partial charge in [0.05, 0.1) is 11.0 Å². The van der Waals surface area contributed by atoms with E-state index >= 15 is 0 Å². The van der Waals surface area contributed by atoms with Crippen molar-refractivity contribution in [3.63, 3.8) is 0 Å². The van der Waals surface area contributed by atoms with Crippen molar-refractivity contribution in [3.8, 4) is 0 Å². The fraction of sp³-hybridized carbons (Fsp3) is 0.211. The highest BCUT2D eigenvalue weighted by molar-refractivity contribution is 5.99. The van der Waals surface area contributed by atoms with Crippen molar-refractivity contribution in [2.24, 2.45) is 12.8 Å².